The predicted octanol–water partition coefficient (Wildman–Crippen LogP) is 8.34. The van der Waals surface area contributed by atoms with Crippen LogP contribution in [-0.4, -0.2) is 61.2 Å². The van der Waals surface area contributed by atoms with Crippen LogP contribution in [0.25, 0.3) is 32.6 Å². The molecule has 5 aromatic carbocycles. The van der Waals surface area contributed by atoms with Gasteiger partial charge >= 0.3 is 0 Å². The number of aromatic nitrogens is 1. The fourth-order valence-corrected chi connectivity index (χ4v) is 8.74. The Kier molecular flexibility index (Phi) is 12.8. The molecule has 1 aliphatic heterocycles. The third kappa shape index (κ3) is 9.59. The van der Waals surface area contributed by atoms with E-state index in [-0.39, 0.29) is 27.3 Å². The van der Waals surface area contributed by atoms with Gasteiger partial charge in [-0.25, -0.2) is 0 Å². The summed E-state index contributed by atoms with van der Waals surface area (Å²) in [4.78, 5) is 13.6. The highest BCUT2D eigenvalue weighted by Gasteiger charge is 2.23. The summed E-state index contributed by atoms with van der Waals surface area (Å²) in [5.41, 5.74) is 7.87. The second kappa shape index (κ2) is 17.6. The lowest BCUT2D eigenvalue weighted by molar-refractivity contribution is 0.310. The number of hydrogen-bond acceptors (Lipinski definition) is 9. The molecule has 2 aromatic heterocycles. The molecule has 308 valence electrons. The van der Waals surface area contributed by atoms with E-state index in [2.05, 4.69) is 71.1 Å². The summed E-state index contributed by atoms with van der Waals surface area (Å²) in [5.74, 6) is 0.904. The topological polar surface area (TPSA) is 177 Å². The minimum atomic E-state index is -4.47. The lowest BCUT2D eigenvalue weighted by atomic mass is 10.0. The second-order valence-corrected chi connectivity index (χ2v) is 17.3. The summed E-state index contributed by atoms with van der Waals surface area (Å²) in [6.45, 7) is 8.89. The smallest absolute Gasteiger partial charge is 0.295 e. The molecule has 12 nitrogen and oxygen atoms in total. The van der Waals surface area contributed by atoms with E-state index >= 15 is 0 Å². The molecule has 1 aliphatic rings. The lowest BCUT2D eigenvalue weighted by Crippen LogP contribution is -2.27. The number of para-hydroxylation sites is 1. The van der Waals surface area contributed by atoms with Crippen LogP contribution in [-0.2, 0) is 46.2 Å². The number of fused-ring (bicyclic) bond motifs is 5. The van der Waals surface area contributed by atoms with Gasteiger partial charge in [-0.1, -0.05) is 84.4 Å². The largest absolute Gasteiger partial charge is 0.507 e. The average molecular weight is 839 g/mol. The number of likely N-dealkylation sites (N-methyl/N-ethyl adjacent to an activating group) is 1. The zero-order chi connectivity index (χ0) is 42.6. The Morgan fingerprint density at radius 2 is 1.42 bits per heavy atom. The highest BCUT2D eigenvalue weighted by Crippen LogP contribution is 2.35. The first-order valence-electron chi connectivity index (χ1n) is 18.7. The van der Waals surface area contributed by atoms with Gasteiger partial charge in [0.05, 0.1) is 7.11 Å². The fraction of sp³-hybridized carbons (Fsp3) is 0.222. The number of phenols is 1. The molecule has 8 rings (SSSR count). The summed E-state index contributed by atoms with van der Waals surface area (Å²) >= 11 is 0. The molecular weight excluding hydrogens is 793 g/mol. The van der Waals surface area contributed by atoms with Gasteiger partial charge in [-0.15, -0.1) is 0 Å². The molecule has 0 unspecified atom stereocenters. The SMILES string of the molecule is CN1CCc2c(c3ccccc3n2Cc2ccccc2)C1.COc1cc(O)c2c(=O)cc(C)oc2c1CC=C(C)C.O=S(=O)(O)c1cccc2c(S(=O)(=O)O)cccc12. The van der Waals surface area contributed by atoms with Crippen LogP contribution in [0.2, 0.25) is 0 Å². The van der Waals surface area contributed by atoms with Crippen molar-refractivity contribution < 1.29 is 40.2 Å². The molecule has 3 N–H and O–H groups in total. The first-order valence-corrected chi connectivity index (χ1v) is 21.6. The van der Waals surface area contributed by atoms with Crippen molar-refractivity contribution in [3.05, 3.63) is 153 Å². The molecule has 59 heavy (non-hydrogen) atoms. The van der Waals surface area contributed by atoms with Crippen molar-refractivity contribution in [1.29, 1.82) is 0 Å². The molecule has 0 spiro atoms. The van der Waals surface area contributed by atoms with Crippen LogP contribution in [0.5, 0.6) is 11.5 Å². The second-order valence-electron chi connectivity index (χ2n) is 14.5. The average Bonchev–Trinajstić information content (AvgIpc) is 3.48. The van der Waals surface area contributed by atoms with Crippen molar-refractivity contribution in [2.24, 2.45) is 0 Å². The van der Waals surface area contributed by atoms with Crippen molar-refractivity contribution >= 4 is 52.9 Å². The van der Waals surface area contributed by atoms with Gasteiger partial charge in [-0.05, 0) is 63.6 Å². The Labute approximate surface area is 343 Å². The molecule has 7 aromatic rings. The van der Waals surface area contributed by atoms with Crippen LogP contribution in [0.1, 0.15) is 42.0 Å². The number of hydrogen-bond donors (Lipinski definition) is 3. The number of aryl methyl sites for hydroxylation is 1. The van der Waals surface area contributed by atoms with Crippen LogP contribution < -0.4 is 10.2 Å². The number of phenolic OH excluding ortho intramolecular Hbond substituents is 1. The Hall–Kier alpha value is -5.77. The monoisotopic (exact) mass is 838 g/mol. The Bertz CT molecular complexity index is 2910. The minimum Gasteiger partial charge on any atom is -0.507 e. The van der Waals surface area contributed by atoms with Crippen LogP contribution in [0.3, 0.4) is 0 Å². The molecule has 0 saturated carbocycles. The summed E-state index contributed by atoms with van der Waals surface area (Å²) in [6.07, 6.45) is 3.75. The Morgan fingerprint density at radius 3 is 2.02 bits per heavy atom. The predicted molar refractivity (Wildman–Crippen MR) is 230 cm³/mol. The normalized spacial score (nSPS) is 12.9. The van der Waals surface area contributed by atoms with Crippen LogP contribution in [0.4, 0.5) is 0 Å². The van der Waals surface area contributed by atoms with Crippen molar-refractivity contribution in [3.8, 4) is 11.5 Å². The van der Waals surface area contributed by atoms with E-state index in [1.54, 1.807) is 6.92 Å². The third-order valence-electron chi connectivity index (χ3n) is 10.0. The number of allylic oxidation sites excluding steroid dienone is 2. The maximum Gasteiger partial charge on any atom is 0.295 e. The Balaban J connectivity index is 0.000000149. The van der Waals surface area contributed by atoms with Gasteiger partial charge in [0.1, 0.15) is 38.0 Å². The zero-order valence-electron chi connectivity index (χ0n) is 33.3. The van der Waals surface area contributed by atoms with Gasteiger partial charge in [0, 0.05) is 71.1 Å². The third-order valence-corrected chi connectivity index (χ3v) is 11.9. The molecule has 14 heteroatoms. The van der Waals surface area contributed by atoms with Gasteiger partial charge in [-0.2, -0.15) is 16.8 Å². The van der Waals surface area contributed by atoms with Crippen LogP contribution >= 0.6 is 0 Å². The number of ether oxygens (including phenoxy) is 1. The number of aromatic hydroxyl groups is 1. The van der Waals surface area contributed by atoms with Gasteiger partial charge in [0.2, 0.25) is 0 Å². The van der Waals surface area contributed by atoms with E-state index in [4.69, 9.17) is 18.3 Å². The fourth-order valence-electron chi connectivity index (χ4n) is 7.33. The summed E-state index contributed by atoms with van der Waals surface area (Å²) < 4.78 is 76.2. The maximum absolute atomic E-state index is 12.0. The van der Waals surface area contributed by atoms with Crippen molar-refractivity contribution in [2.75, 3.05) is 20.7 Å². The van der Waals surface area contributed by atoms with Gasteiger partial charge in [0.25, 0.3) is 20.2 Å². The van der Waals surface area contributed by atoms with Crippen LogP contribution in [0, 0.1) is 6.92 Å². The quantitative estimate of drug-likeness (QED) is 0.104. The maximum atomic E-state index is 12.0. The molecule has 3 heterocycles. The standard InChI is InChI=1S/C19H20N2.C16H18O4.C10H8O6S2/c1-20-12-11-19-17(14-20)16-9-5-6-10-18(16)21(19)13-15-7-3-2-4-8-15;1-9(2)5-6-11-14(19-4)8-13(18)15-12(17)7-10(3)20-16(11)15;11-17(12,13)9-5-1-3-7-8(9)4-2-6-10(7)18(14,15)16/h2-10H,11-14H2,1H3;5,7-8,18H,6H2,1-4H3;1-6H,(H,11,12,13)(H,14,15,16). The van der Waals surface area contributed by atoms with E-state index in [1.807, 2.05) is 19.9 Å². The van der Waals surface area contributed by atoms with E-state index in [1.165, 1.54) is 71.2 Å². The zero-order valence-corrected chi connectivity index (χ0v) is 35.0. The first-order chi connectivity index (χ1) is 28.0. The van der Waals surface area contributed by atoms with Crippen LogP contribution in [0.15, 0.2) is 134 Å². The summed E-state index contributed by atoms with van der Waals surface area (Å²) in [6, 6.07) is 30.0. The van der Waals surface area contributed by atoms with Gasteiger partial charge in [0.15, 0.2) is 5.43 Å². The Morgan fingerprint density at radius 1 is 0.831 bits per heavy atom. The molecule has 0 bridgehead atoms. The van der Waals surface area contributed by atoms with E-state index < -0.39 is 30.0 Å². The van der Waals surface area contributed by atoms with Crippen molar-refractivity contribution in [1.82, 2.24) is 9.47 Å². The molecule has 0 saturated heterocycles. The molecule has 0 aliphatic carbocycles. The molecule has 0 atom stereocenters. The molecule has 0 radical (unpaired) electrons. The number of nitrogens with zero attached hydrogens (tertiary/aromatic N) is 2. The van der Waals surface area contributed by atoms with E-state index in [9.17, 15) is 26.7 Å². The lowest BCUT2D eigenvalue weighted by Gasteiger charge is -2.24. The minimum absolute atomic E-state index is 0.0233. The number of methoxy groups -OCH3 is 1. The molecule has 0 fully saturated rings. The number of benzene rings is 5. The van der Waals surface area contributed by atoms with Gasteiger partial charge in [-0.3, -0.25) is 13.9 Å². The highest BCUT2D eigenvalue weighted by atomic mass is 32.2. The van der Waals surface area contributed by atoms with Crippen molar-refractivity contribution in [3.63, 3.8) is 0 Å². The first kappa shape index (κ1) is 42.8. The van der Waals surface area contributed by atoms with Crippen molar-refractivity contribution in [2.45, 2.75) is 56.5 Å². The molecular formula is C45H46N2O10S2. The van der Waals surface area contributed by atoms with E-state index in [0.29, 0.717) is 23.5 Å². The summed E-state index contributed by atoms with van der Waals surface area (Å²) in [7, 11) is -5.19. The van der Waals surface area contributed by atoms with Gasteiger partial charge < -0.3 is 23.7 Å². The van der Waals surface area contributed by atoms with E-state index in [0.717, 1.165) is 49.3 Å². The summed E-state index contributed by atoms with van der Waals surface area (Å²) in [5, 5.41) is 11.7. The number of rotatable bonds is 7. The highest BCUT2D eigenvalue weighted by molar-refractivity contribution is 7.86. The molecule has 0 amide bonds.